The minimum atomic E-state index is -1.21. The number of rotatable bonds is 6. The second kappa shape index (κ2) is 6.81. The third kappa shape index (κ3) is 5.02. The molecule has 8 nitrogen and oxygen atoms in total. The number of ether oxygens (including phenoxy) is 1. The molecular weight excluding hydrogens is 324 g/mol. The molecule has 0 saturated carbocycles. The number of aliphatic carboxylic acids is 1. The summed E-state index contributed by atoms with van der Waals surface area (Å²) in [6.45, 7) is -1.12. The van der Waals surface area contributed by atoms with Gasteiger partial charge >= 0.3 is 5.97 Å². The van der Waals surface area contributed by atoms with Gasteiger partial charge in [-0.2, -0.15) is 0 Å². The average Bonchev–Trinajstić information content (AvgIpc) is 2.30. The quantitative estimate of drug-likeness (QED) is 0.600. The van der Waals surface area contributed by atoms with Crippen LogP contribution in [0.25, 0.3) is 0 Å². The lowest BCUT2D eigenvalue weighted by Crippen LogP contribution is -2.21. The Kier molecular flexibility index (Phi) is 5.39. The summed E-state index contributed by atoms with van der Waals surface area (Å²) >= 11 is 3.08. The maximum Gasteiger partial charge on any atom is 0.329 e. The largest absolute Gasteiger partial charge is 0.480 e. The molecule has 102 valence electrons. The molecule has 0 radical (unpaired) electrons. The number of amides is 1. The lowest BCUT2D eigenvalue weighted by molar-refractivity contribution is -0.384. The van der Waals surface area contributed by atoms with Gasteiger partial charge in [0.2, 0.25) is 0 Å². The molecule has 1 aromatic carbocycles. The Morgan fingerprint density at radius 3 is 2.68 bits per heavy atom. The van der Waals surface area contributed by atoms with Crippen LogP contribution in [0.15, 0.2) is 22.7 Å². The van der Waals surface area contributed by atoms with E-state index in [4.69, 9.17) is 5.11 Å². The van der Waals surface area contributed by atoms with E-state index in [-0.39, 0.29) is 11.4 Å². The van der Waals surface area contributed by atoms with Crippen LogP contribution in [0.2, 0.25) is 0 Å². The van der Waals surface area contributed by atoms with Crippen molar-refractivity contribution in [3.05, 3.63) is 32.8 Å². The lowest BCUT2D eigenvalue weighted by atomic mass is 10.2. The summed E-state index contributed by atoms with van der Waals surface area (Å²) in [5.41, 5.74) is -0.266. The number of nitro benzene ring substituents is 1. The molecule has 19 heavy (non-hydrogen) atoms. The van der Waals surface area contributed by atoms with Crippen LogP contribution in [0.4, 0.5) is 11.4 Å². The summed E-state index contributed by atoms with van der Waals surface area (Å²) in [5.74, 6) is -1.88. The minimum Gasteiger partial charge on any atom is -0.480 e. The van der Waals surface area contributed by atoms with E-state index < -0.39 is 30.0 Å². The normalized spacial score (nSPS) is 9.95. The summed E-state index contributed by atoms with van der Waals surface area (Å²) in [5, 5.41) is 21.4. The van der Waals surface area contributed by atoms with Gasteiger partial charge in [0.25, 0.3) is 11.6 Å². The first-order chi connectivity index (χ1) is 8.90. The zero-order chi connectivity index (χ0) is 14.4. The van der Waals surface area contributed by atoms with E-state index in [1.54, 1.807) is 0 Å². The van der Waals surface area contributed by atoms with Crippen molar-refractivity contribution in [2.45, 2.75) is 0 Å². The van der Waals surface area contributed by atoms with E-state index in [1.807, 2.05) is 0 Å². The van der Waals surface area contributed by atoms with E-state index in [1.165, 1.54) is 18.2 Å². The van der Waals surface area contributed by atoms with Crippen molar-refractivity contribution in [1.82, 2.24) is 0 Å². The fourth-order valence-electron chi connectivity index (χ4n) is 1.18. The predicted molar refractivity (Wildman–Crippen MR) is 67.9 cm³/mol. The molecule has 0 bridgehead atoms. The molecule has 0 aromatic heterocycles. The Morgan fingerprint density at radius 1 is 1.42 bits per heavy atom. The summed E-state index contributed by atoms with van der Waals surface area (Å²) in [6, 6.07) is 4.13. The molecule has 0 saturated heterocycles. The minimum absolute atomic E-state index is 0.0112. The Morgan fingerprint density at radius 2 is 2.11 bits per heavy atom. The van der Waals surface area contributed by atoms with Crippen molar-refractivity contribution in [2.75, 3.05) is 18.5 Å². The van der Waals surface area contributed by atoms with Gasteiger partial charge in [-0.05, 0) is 12.1 Å². The summed E-state index contributed by atoms with van der Waals surface area (Å²) in [7, 11) is 0. The van der Waals surface area contributed by atoms with Crippen LogP contribution in [0.1, 0.15) is 0 Å². The van der Waals surface area contributed by atoms with Crippen molar-refractivity contribution < 1.29 is 24.4 Å². The van der Waals surface area contributed by atoms with Gasteiger partial charge in [0.15, 0.2) is 0 Å². The lowest BCUT2D eigenvalue weighted by Gasteiger charge is -2.06. The highest BCUT2D eigenvalue weighted by Gasteiger charge is 2.16. The second-order valence-corrected chi connectivity index (χ2v) is 4.27. The highest BCUT2D eigenvalue weighted by atomic mass is 79.9. The maximum atomic E-state index is 11.4. The van der Waals surface area contributed by atoms with Crippen molar-refractivity contribution in [3.8, 4) is 0 Å². The number of hydrogen-bond donors (Lipinski definition) is 2. The summed E-state index contributed by atoms with van der Waals surface area (Å²) in [6.07, 6.45) is 0. The van der Waals surface area contributed by atoms with Crippen LogP contribution in [0.3, 0.4) is 0 Å². The number of halogens is 1. The third-order valence-corrected chi connectivity index (χ3v) is 2.38. The fourth-order valence-corrected chi connectivity index (χ4v) is 1.53. The van der Waals surface area contributed by atoms with E-state index in [0.29, 0.717) is 4.47 Å². The van der Waals surface area contributed by atoms with Crippen LogP contribution in [0, 0.1) is 10.1 Å². The molecule has 2 N–H and O–H groups in total. The van der Waals surface area contributed by atoms with Crippen molar-refractivity contribution in [2.24, 2.45) is 0 Å². The topological polar surface area (TPSA) is 119 Å². The predicted octanol–water partition coefficient (Wildman–Crippen LogP) is 1.40. The van der Waals surface area contributed by atoms with E-state index in [2.05, 4.69) is 26.0 Å². The molecule has 0 heterocycles. The molecule has 1 rings (SSSR count). The highest BCUT2D eigenvalue weighted by molar-refractivity contribution is 9.10. The van der Waals surface area contributed by atoms with Crippen LogP contribution < -0.4 is 5.32 Å². The molecular formula is C10H9BrN2O6. The van der Waals surface area contributed by atoms with Crippen LogP contribution in [0.5, 0.6) is 0 Å². The molecule has 1 aromatic rings. The van der Waals surface area contributed by atoms with Gasteiger partial charge in [0, 0.05) is 10.5 Å². The first-order valence-corrected chi connectivity index (χ1v) is 5.73. The van der Waals surface area contributed by atoms with Crippen molar-refractivity contribution in [1.29, 1.82) is 0 Å². The Hall–Kier alpha value is -2.00. The molecule has 0 aliphatic heterocycles. The van der Waals surface area contributed by atoms with Gasteiger partial charge in [-0.15, -0.1) is 0 Å². The number of carboxylic acids is 1. The maximum absolute atomic E-state index is 11.4. The number of carbonyl (C=O) groups is 2. The van der Waals surface area contributed by atoms with Gasteiger partial charge in [0.1, 0.15) is 18.9 Å². The molecule has 1 amide bonds. The average molecular weight is 333 g/mol. The van der Waals surface area contributed by atoms with Crippen LogP contribution in [-0.2, 0) is 14.3 Å². The van der Waals surface area contributed by atoms with Crippen molar-refractivity contribution in [3.63, 3.8) is 0 Å². The highest BCUT2D eigenvalue weighted by Crippen LogP contribution is 2.27. The number of nitro groups is 1. The monoisotopic (exact) mass is 332 g/mol. The van der Waals surface area contributed by atoms with Gasteiger partial charge < -0.3 is 15.2 Å². The number of benzene rings is 1. The van der Waals surface area contributed by atoms with Gasteiger partial charge in [-0.25, -0.2) is 4.79 Å². The second-order valence-electron chi connectivity index (χ2n) is 3.35. The summed E-state index contributed by atoms with van der Waals surface area (Å²) in [4.78, 5) is 31.7. The van der Waals surface area contributed by atoms with Crippen LogP contribution in [-0.4, -0.2) is 35.1 Å². The Labute approximate surface area is 115 Å². The van der Waals surface area contributed by atoms with E-state index in [0.717, 1.165) is 0 Å². The molecule has 0 spiro atoms. The molecule has 0 aliphatic rings. The number of nitrogens with zero attached hydrogens (tertiary/aromatic N) is 1. The van der Waals surface area contributed by atoms with E-state index in [9.17, 15) is 19.7 Å². The van der Waals surface area contributed by atoms with Gasteiger partial charge in [-0.3, -0.25) is 14.9 Å². The van der Waals surface area contributed by atoms with Crippen LogP contribution >= 0.6 is 15.9 Å². The first kappa shape index (κ1) is 15.1. The third-order valence-electron chi connectivity index (χ3n) is 1.89. The number of nitrogens with one attached hydrogen (secondary N) is 1. The molecule has 9 heteroatoms. The number of hydrogen-bond acceptors (Lipinski definition) is 5. The zero-order valence-corrected chi connectivity index (χ0v) is 11.0. The number of anilines is 1. The molecule has 0 atom stereocenters. The number of carbonyl (C=O) groups excluding carboxylic acids is 1. The smallest absolute Gasteiger partial charge is 0.329 e. The van der Waals surface area contributed by atoms with Gasteiger partial charge in [-0.1, -0.05) is 15.9 Å². The summed E-state index contributed by atoms with van der Waals surface area (Å²) < 4.78 is 5.06. The molecule has 0 unspecified atom stereocenters. The SMILES string of the molecule is O=C(O)COCC(=O)Nc1ccc(Br)cc1[N+](=O)[O-]. The van der Waals surface area contributed by atoms with Crippen molar-refractivity contribution >= 4 is 39.2 Å². The Balaban J connectivity index is 2.68. The van der Waals surface area contributed by atoms with E-state index >= 15 is 0 Å². The first-order valence-electron chi connectivity index (χ1n) is 4.93. The standard InChI is InChI=1S/C10H9BrN2O6/c11-6-1-2-7(8(3-6)13(17)18)12-9(14)4-19-5-10(15)16/h1-3H,4-5H2,(H,12,14)(H,15,16). The fraction of sp³-hybridized carbons (Fsp3) is 0.200. The van der Waals surface area contributed by atoms with Gasteiger partial charge in [0.05, 0.1) is 4.92 Å². The molecule has 0 fully saturated rings. The Bertz CT molecular complexity index is 519. The number of carboxylic acid groups (broad SMARTS) is 1. The molecule has 0 aliphatic carbocycles. The zero-order valence-electron chi connectivity index (χ0n) is 9.46.